The number of carbonyl (C=O) groups is 1. The Labute approximate surface area is 151 Å². The summed E-state index contributed by atoms with van der Waals surface area (Å²) in [5.41, 5.74) is 3.20. The maximum atomic E-state index is 11.3. The second kappa shape index (κ2) is 7.32. The van der Waals surface area contributed by atoms with E-state index in [-0.39, 0.29) is 5.78 Å². The quantitative estimate of drug-likeness (QED) is 0.623. The number of halogens is 1. The van der Waals surface area contributed by atoms with Crippen LogP contribution in [0.3, 0.4) is 0 Å². The topological polar surface area (TPSA) is 66.9 Å². The van der Waals surface area contributed by atoms with Crippen LogP contribution in [0.15, 0.2) is 54.6 Å². The lowest BCUT2D eigenvalue weighted by atomic mass is 10.1. The molecule has 0 bridgehead atoms. The molecular weight excluding hydrogens is 336 g/mol. The number of aromatic nitrogens is 2. The number of carbonyl (C=O) groups excluding carboxylic acids is 1. The Kier molecular flexibility index (Phi) is 4.95. The zero-order valence-electron chi connectivity index (χ0n) is 13.9. The Morgan fingerprint density at radius 3 is 2.16 bits per heavy atom. The van der Waals surface area contributed by atoms with Gasteiger partial charge in [-0.2, -0.15) is 4.98 Å². The number of hydrogen-bond donors (Lipinski definition) is 2. The predicted octanol–water partition coefficient (Wildman–Crippen LogP) is 5.13. The number of benzene rings is 2. The molecule has 126 valence electrons. The molecule has 0 aliphatic rings. The number of rotatable bonds is 5. The molecule has 3 aromatic rings. The molecule has 6 heteroatoms. The van der Waals surface area contributed by atoms with Crippen LogP contribution in [-0.4, -0.2) is 15.8 Å². The Morgan fingerprint density at radius 2 is 1.52 bits per heavy atom. The third-order valence-electron chi connectivity index (χ3n) is 3.52. The summed E-state index contributed by atoms with van der Waals surface area (Å²) >= 11 is 5.90. The van der Waals surface area contributed by atoms with Crippen LogP contribution in [0.2, 0.25) is 5.02 Å². The van der Waals surface area contributed by atoms with Gasteiger partial charge in [0.15, 0.2) is 5.78 Å². The number of anilines is 4. The van der Waals surface area contributed by atoms with E-state index in [2.05, 4.69) is 20.6 Å². The molecule has 0 unspecified atom stereocenters. The third-order valence-corrected chi connectivity index (χ3v) is 3.77. The van der Waals surface area contributed by atoms with E-state index in [1.54, 1.807) is 31.2 Å². The lowest BCUT2D eigenvalue weighted by Gasteiger charge is -2.10. The van der Waals surface area contributed by atoms with Crippen molar-refractivity contribution in [2.45, 2.75) is 13.8 Å². The van der Waals surface area contributed by atoms with E-state index < -0.39 is 0 Å². The van der Waals surface area contributed by atoms with Gasteiger partial charge in [-0.05, 0) is 62.4 Å². The van der Waals surface area contributed by atoms with Gasteiger partial charge < -0.3 is 10.6 Å². The minimum absolute atomic E-state index is 0.0406. The standard InChI is InChI=1S/C19H17ClN4O/c1-12-11-18(22-16-7-3-14(4-8-16)13(2)25)24-19(21-12)23-17-9-5-15(20)6-10-17/h3-11H,1-2H3,(H2,21,22,23,24). The van der Waals surface area contributed by atoms with Crippen molar-refractivity contribution in [3.8, 4) is 0 Å². The van der Waals surface area contributed by atoms with Crippen molar-refractivity contribution in [3.05, 3.63) is 70.9 Å². The van der Waals surface area contributed by atoms with Gasteiger partial charge in [-0.25, -0.2) is 4.98 Å². The number of hydrogen-bond acceptors (Lipinski definition) is 5. The van der Waals surface area contributed by atoms with Gasteiger partial charge in [-0.1, -0.05) is 11.6 Å². The number of nitrogens with one attached hydrogen (secondary N) is 2. The molecular formula is C19H17ClN4O. The van der Waals surface area contributed by atoms with E-state index in [1.807, 2.05) is 37.3 Å². The minimum atomic E-state index is 0.0406. The SMILES string of the molecule is CC(=O)c1ccc(Nc2cc(C)nc(Nc3ccc(Cl)cc3)n2)cc1. The molecule has 0 radical (unpaired) electrons. The van der Waals surface area contributed by atoms with E-state index >= 15 is 0 Å². The van der Waals surface area contributed by atoms with Gasteiger partial charge in [0.05, 0.1) is 0 Å². The van der Waals surface area contributed by atoms with Crippen molar-refractivity contribution in [2.75, 3.05) is 10.6 Å². The van der Waals surface area contributed by atoms with Gasteiger partial charge in [0.2, 0.25) is 5.95 Å². The summed E-state index contributed by atoms with van der Waals surface area (Å²) in [5.74, 6) is 1.20. The fourth-order valence-electron chi connectivity index (χ4n) is 2.29. The van der Waals surface area contributed by atoms with E-state index in [4.69, 9.17) is 11.6 Å². The number of aryl methyl sites for hydroxylation is 1. The summed E-state index contributed by atoms with van der Waals surface area (Å²) in [5, 5.41) is 7.05. The van der Waals surface area contributed by atoms with Crippen molar-refractivity contribution in [2.24, 2.45) is 0 Å². The molecule has 25 heavy (non-hydrogen) atoms. The van der Waals surface area contributed by atoms with E-state index in [0.29, 0.717) is 22.4 Å². The highest BCUT2D eigenvalue weighted by atomic mass is 35.5. The highest BCUT2D eigenvalue weighted by Crippen LogP contribution is 2.20. The summed E-state index contributed by atoms with van der Waals surface area (Å²) in [7, 11) is 0. The highest BCUT2D eigenvalue weighted by Gasteiger charge is 2.05. The first kappa shape index (κ1) is 16.9. The third kappa shape index (κ3) is 4.55. The lowest BCUT2D eigenvalue weighted by molar-refractivity contribution is 0.101. The molecule has 2 N–H and O–H groups in total. The molecule has 0 aliphatic carbocycles. The first-order valence-corrected chi connectivity index (χ1v) is 8.14. The highest BCUT2D eigenvalue weighted by molar-refractivity contribution is 6.30. The van der Waals surface area contributed by atoms with Crippen LogP contribution in [0.1, 0.15) is 23.0 Å². The van der Waals surface area contributed by atoms with Crippen molar-refractivity contribution >= 4 is 40.5 Å². The normalized spacial score (nSPS) is 10.4. The van der Waals surface area contributed by atoms with Crippen molar-refractivity contribution in [1.29, 1.82) is 0 Å². The van der Waals surface area contributed by atoms with Crippen LogP contribution in [0.5, 0.6) is 0 Å². The van der Waals surface area contributed by atoms with Gasteiger partial charge in [0.25, 0.3) is 0 Å². The first-order valence-electron chi connectivity index (χ1n) is 7.76. The maximum absolute atomic E-state index is 11.3. The largest absolute Gasteiger partial charge is 0.340 e. The molecule has 2 aromatic carbocycles. The summed E-state index contributed by atoms with van der Waals surface area (Å²) in [6.07, 6.45) is 0. The van der Waals surface area contributed by atoms with Crippen LogP contribution in [0.25, 0.3) is 0 Å². The van der Waals surface area contributed by atoms with Crippen molar-refractivity contribution in [1.82, 2.24) is 9.97 Å². The van der Waals surface area contributed by atoms with Crippen LogP contribution in [-0.2, 0) is 0 Å². The summed E-state index contributed by atoms with van der Waals surface area (Å²) in [6.45, 7) is 3.45. The van der Waals surface area contributed by atoms with Crippen LogP contribution < -0.4 is 10.6 Å². The molecule has 1 aromatic heterocycles. The van der Waals surface area contributed by atoms with Gasteiger partial charge in [-0.15, -0.1) is 0 Å². The second-order valence-electron chi connectivity index (χ2n) is 5.61. The van der Waals surface area contributed by atoms with Crippen LogP contribution in [0, 0.1) is 6.92 Å². The van der Waals surface area contributed by atoms with E-state index in [1.165, 1.54) is 0 Å². The zero-order chi connectivity index (χ0) is 17.8. The summed E-state index contributed by atoms with van der Waals surface area (Å²) in [4.78, 5) is 20.2. The molecule has 0 atom stereocenters. The second-order valence-corrected chi connectivity index (χ2v) is 6.05. The average molecular weight is 353 g/mol. The Hall–Kier alpha value is -2.92. The molecule has 1 heterocycles. The van der Waals surface area contributed by atoms with Crippen molar-refractivity contribution in [3.63, 3.8) is 0 Å². The minimum Gasteiger partial charge on any atom is -0.340 e. The van der Waals surface area contributed by atoms with Gasteiger partial charge in [0.1, 0.15) is 5.82 Å². The first-order chi connectivity index (χ1) is 12.0. The summed E-state index contributed by atoms with van der Waals surface area (Å²) < 4.78 is 0. The maximum Gasteiger partial charge on any atom is 0.229 e. The lowest BCUT2D eigenvalue weighted by Crippen LogP contribution is -2.02. The average Bonchev–Trinajstić information content (AvgIpc) is 2.57. The number of nitrogens with zero attached hydrogens (tertiary/aromatic N) is 2. The molecule has 0 saturated carbocycles. The monoisotopic (exact) mass is 352 g/mol. The predicted molar refractivity (Wildman–Crippen MR) is 101 cm³/mol. The fourth-order valence-corrected chi connectivity index (χ4v) is 2.41. The smallest absolute Gasteiger partial charge is 0.229 e. The molecule has 0 saturated heterocycles. The van der Waals surface area contributed by atoms with Gasteiger partial charge in [0, 0.05) is 33.7 Å². The Morgan fingerprint density at radius 1 is 0.920 bits per heavy atom. The molecule has 5 nitrogen and oxygen atoms in total. The fraction of sp³-hybridized carbons (Fsp3) is 0.105. The zero-order valence-corrected chi connectivity index (χ0v) is 14.6. The molecule has 0 amide bonds. The number of Topliss-reactive ketones (excluding diaryl/α,β-unsaturated/α-hetero) is 1. The van der Waals surface area contributed by atoms with Crippen molar-refractivity contribution < 1.29 is 4.79 Å². The number of ketones is 1. The van der Waals surface area contributed by atoms with Gasteiger partial charge >= 0.3 is 0 Å². The molecule has 0 aliphatic heterocycles. The van der Waals surface area contributed by atoms with Gasteiger partial charge in [-0.3, -0.25) is 4.79 Å². The molecule has 0 spiro atoms. The molecule has 3 rings (SSSR count). The van der Waals surface area contributed by atoms with E-state index in [0.717, 1.165) is 17.1 Å². The van der Waals surface area contributed by atoms with Crippen LogP contribution >= 0.6 is 11.6 Å². The molecule has 0 fully saturated rings. The van der Waals surface area contributed by atoms with E-state index in [9.17, 15) is 4.79 Å². The Bertz CT molecular complexity index is 892. The summed E-state index contributed by atoms with van der Waals surface area (Å²) in [6, 6.07) is 16.4. The Balaban J connectivity index is 1.79. The van der Waals surface area contributed by atoms with Crippen LogP contribution in [0.4, 0.5) is 23.1 Å².